The largest absolute Gasteiger partial charge is 0.379 e. The monoisotopic (exact) mass is 267 g/mol. The quantitative estimate of drug-likeness (QED) is 0.825. The van der Waals surface area contributed by atoms with Gasteiger partial charge in [-0.05, 0) is 25.2 Å². The van der Waals surface area contributed by atoms with Gasteiger partial charge in [0.15, 0.2) is 0 Å². The van der Waals surface area contributed by atoms with Crippen LogP contribution in [-0.4, -0.2) is 67.3 Å². The van der Waals surface area contributed by atoms with Crippen molar-refractivity contribution in [2.75, 3.05) is 45.9 Å². The van der Waals surface area contributed by atoms with Crippen LogP contribution in [0, 0.1) is 5.92 Å². The average Bonchev–Trinajstić information content (AvgIpc) is 3.07. The van der Waals surface area contributed by atoms with Crippen LogP contribution in [0.2, 0.25) is 0 Å². The fourth-order valence-corrected chi connectivity index (χ4v) is 4.52. The molecular formula is C15H29N3O. The number of nitrogens with two attached hydrogens (primary N) is 1. The summed E-state index contributed by atoms with van der Waals surface area (Å²) < 4.78 is 5.47. The second-order valence-corrected chi connectivity index (χ2v) is 6.64. The van der Waals surface area contributed by atoms with Crippen LogP contribution in [0.5, 0.6) is 0 Å². The number of nitrogens with zero attached hydrogens (tertiary/aromatic N) is 2. The van der Waals surface area contributed by atoms with Gasteiger partial charge >= 0.3 is 0 Å². The van der Waals surface area contributed by atoms with E-state index in [4.69, 9.17) is 10.5 Å². The van der Waals surface area contributed by atoms with Crippen LogP contribution in [-0.2, 0) is 4.74 Å². The first-order valence-electron chi connectivity index (χ1n) is 8.03. The molecule has 0 aromatic heterocycles. The molecule has 2 N–H and O–H groups in total. The summed E-state index contributed by atoms with van der Waals surface area (Å²) in [5.74, 6) is 0.765. The topological polar surface area (TPSA) is 41.7 Å². The lowest BCUT2D eigenvalue weighted by atomic mass is 9.86. The second-order valence-electron chi connectivity index (χ2n) is 6.64. The summed E-state index contributed by atoms with van der Waals surface area (Å²) in [6.45, 7) is 9.76. The van der Waals surface area contributed by atoms with Crippen molar-refractivity contribution in [2.45, 2.75) is 44.2 Å². The molecule has 19 heavy (non-hydrogen) atoms. The van der Waals surface area contributed by atoms with Crippen molar-refractivity contribution in [3.8, 4) is 0 Å². The summed E-state index contributed by atoms with van der Waals surface area (Å²) >= 11 is 0. The van der Waals surface area contributed by atoms with E-state index in [0.717, 1.165) is 44.8 Å². The number of rotatable bonds is 3. The Balaban J connectivity index is 1.64. The molecule has 3 unspecified atom stereocenters. The minimum absolute atomic E-state index is 0.307. The predicted octanol–water partition coefficient (Wildman–Crippen LogP) is 0.910. The Bertz CT molecular complexity index is 306. The molecule has 0 aromatic carbocycles. The average molecular weight is 267 g/mol. The van der Waals surface area contributed by atoms with Crippen molar-refractivity contribution in [1.29, 1.82) is 0 Å². The molecule has 3 atom stereocenters. The standard InChI is InChI=1S/C15H29N3O/c1-13-3-2-5-15(13,12-16)18-6-4-14(11-18)17-7-9-19-10-8-17/h13-14H,2-12,16H2,1H3. The van der Waals surface area contributed by atoms with Crippen LogP contribution in [0.15, 0.2) is 0 Å². The number of ether oxygens (including phenoxy) is 1. The third-order valence-corrected chi connectivity index (χ3v) is 5.87. The molecule has 1 saturated carbocycles. The Morgan fingerprint density at radius 2 is 2.00 bits per heavy atom. The van der Waals surface area contributed by atoms with E-state index in [0.29, 0.717) is 5.54 Å². The molecule has 0 aromatic rings. The summed E-state index contributed by atoms with van der Waals surface area (Å²) in [7, 11) is 0. The van der Waals surface area contributed by atoms with E-state index in [-0.39, 0.29) is 0 Å². The van der Waals surface area contributed by atoms with Crippen LogP contribution in [0.1, 0.15) is 32.6 Å². The van der Waals surface area contributed by atoms with Crippen molar-refractivity contribution in [3.05, 3.63) is 0 Å². The van der Waals surface area contributed by atoms with Crippen LogP contribution < -0.4 is 5.73 Å². The first-order valence-corrected chi connectivity index (χ1v) is 8.03. The Morgan fingerprint density at radius 3 is 2.63 bits per heavy atom. The van der Waals surface area contributed by atoms with Crippen molar-refractivity contribution >= 4 is 0 Å². The number of likely N-dealkylation sites (tertiary alicyclic amines) is 1. The molecule has 2 saturated heterocycles. The first kappa shape index (κ1) is 13.8. The van der Waals surface area contributed by atoms with E-state index in [1.165, 1.54) is 38.8 Å². The molecule has 2 aliphatic heterocycles. The zero-order valence-corrected chi connectivity index (χ0v) is 12.3. The summed E-state index contributed by atoms with van der Waals surface area (Å²) in [6.07, 6.45) is 5.34. The highest BCUT2D eigenvalue weighted by molar-refractivity contribution is 5.03. The fraction of sp³-hybridized carbons (Fsp3) is 1.00. The second kappa shape index (κ2) is 5.68. The third kappa shape index (κ3) is 2.44. The van der Waals surface area contributed by atoms with Crippen molar-refractivity contribution in [2.24, 2.45) is 11.7 Å². The van der Waals surface area contributed by atoms with E-state index < -0.39 is 0 Å². The Labute approximate surface area is 117 Å². The van der Waals surface area contributed by atoms with Gasteiger partial charge in [0.2, 0.25) is 0 Å². The van der Waals surface area contributed by atoms with Crippen LogP contribution in [0.3, 0.4) is 0 Å². The van der Waals surface area contributed by atoms with E-state index in [9.17, 15) is 0 Å². The first-order chi connectivity index (χ1) is 9.26. The number of hydrogen-bond donors (Lipinski definition) is 1. The van der Waals surface area contributed by atoms with Crippen molar-refractivity contribution < 1.29 is 4.74 Å². The summed E-state index contributed by atoms with van der Waals surface area (Å²) in [4.78, 5) is 5.36. The lowest BCUT2D eigenvalue weighted by molar-refractivity contribution is 0.0126. The molecule has 3 rings (SSSR count). The van der Waals surface area contributed by atoms with Gasteiger partial charge in [0.05, 0.1) is 13.2 Å². The van der Waals surface area contributed by atoms with Gasteiger partial charge in [-0.25, -0.2) is 0 Å². The number of morpholine rings is 1. The molecular weight excluding hydrogens is 238 g/mol. The van der Waals surface area contributed by atoms with Gasteiger partial charge < -0.3 is 10.5 Å². The van der Waals surface area contributed by atoms with Gasteiger partial charge in [0, 0.05) is 44.3 Å². The maximum atomic E-state index is 6.19. The minimum atomic E-state index is 0.307. The predicted molar refractivity (Wildman–Crippen MR) is 77.2 cm³/mol. The molecule has 2 heterocycles. The van der Waals surface area contributed by atoms with E-state index in [1.54, 1.807) is 0 Å². The van der Waals surface area contributed by atoms with Gasteiger partial charge in [-0.15, -0.1) is 0 Å². The highest BCUT2D eigenvalue weighted by Gasteiger charge is 2.46. The highest BCUT2D eigenvalue weighted by Crippen LogP contribution is 2.41. The molecule has 0 amide bonds. The smallest absolute Gasteiger partial charge is 0.0594 e. The van der Waals surface area contributed by atoms with E-state index >= 15 is 0 Å². The summed E-state index contributed by atoms with van der Waals surface area (Å²) in [6, 6.07) is 0.736. The SMILES string of the molecule is CC1CCCC1(CN)N1CCC(N2CCOCC2)C1. The van der Waals surface area contributed by atoms with Crippen molar-refractivity contribution in [1.82, 2.24) is 9.80 Å². The molecule has 3 aliphatic rings. The van der Waals surface area contributed by atoms with Gasteiger partial charge in [-0.3, -0.25) is 9.80 Å². The summed E-state index contributed by atoms with van der Waals surface area (Å²) in [5, 5.41) is 0. The molecule has 0 spiro atoms. The lowest BCUT2D eigenvalue weighted by Crippen LogP contribution is -2.56. The van der Waals surface area contributed by atoms with E-state index in [2.05, 4.69) is 16.7 Å². The van der Waals surface area contributed by atoms with Crippen molar-refractivity contribution in [3.63, 3.8) is 0 Å². The normalized spacial score (nSPS) is 42.0. The fourth-order valence-electron chi connectivity index (χ4n) is 4.52. The van der Waals surface area contributed by atoms with Crippen LogP contribution >= 0.6 is 0 Å². The molecule has 4 nitrogen and oxygen atoms in total. The molecule has 110 valence electrons. The molecule has 1 aliphatic carbocycles. The number of hydrogen-bond acceptors (Lipinski definition) is 4. The summed E-state index contributed by atoms with van der Waals surface area (Å²) in [5.41, 5.74) is 6.49. The Morgan fingerprint density at radius 1 is 1.21 bits per heavy atom. The van der Waals surface area contributed by atoms with Gasteiger partial charge in [-0.2, -0.15) is 0 Å². The van der Waals surface area contributed by atoms with Crippen LogP contribution in [0.25, 0.3) is 0 Å². The van der Waals surface area contributed by atoms with Crippen LogP contribution in [0.4, 0.5) is 0 Å². The maximum Gasteiger partial charge on any atom is 0.0594 e. The van der Waals surface area contributed by atoms with Gasteiger partial charge in [0.1, 0.15) is 0 Å². The maximum absolute atomic E-state index is 6.19. The molecule has 3 fully saturated rings. The molecule has 0 radical (unpaired) electrons. The zero-order valence-electron chi connectivity index (χ0n) is 12.3. The lowest BCUT2D eigenvalue weighted by Gasteiger charge is -2.42. The Hall–Kier alpha value is -0.160. The highest BCUT2D eigenvalue weighted by atomic mass is 16.5. The molecule has 4 heteroatoms. The van der Waals surface area contributed by atoms with E-state index in [1.807, 2.05) is 0 Å². The minimum Gasteiger partial charge on any atom is -0.379 e. The van der Waals surface area contributed by atoms with Gasteiger partial charge in [0.25, 0.3) is 0 Å². The Kier molecular flexibility index (Phi) is 4.13. The zero-order chi connectivity index (χ0) is 13.3. The molecule has 0 bridgehead atoms. The van der Waals surface area contributed by atoms with Gasteiger partial charge in [-0.1, -0.05) is 13.3 Å². The third-order valence-electron chi connectivity index (χ3n) is 5.87.